The third-order valence-electron chi connectivity index (χ3n) is 2.76. The molecular formula is C11H22N2O2. The van der Waals surface area contributed by atoms with E-state index in [-0.39, 0.29) is 18.1 Å². The summed E-state index contributed by atoms with van der Waals surface area (Å²) in [7, 11) is 1.69. The molecule has 1 rings (SSSR count). The molecule has 1 aliphatic rings. The van der Waals surface area contributed by atoms with Gasteiger partial charge in [0.05, 0.1) is 12.1 Å². The van der Waals surface area contributed by atoms with E-state index < -0.39 is 0 Å². The molecule has 2 unspecified atom stereocenters. The van der Waals surface area contributed by atoms with Crippen molar-refractivity contribution in [3.8, 4) is 0 Å². The zero-order chi connectivity index (χ0) is 11.3. The Balaban J connectivity index is 2.18. The second-order valence-electron chi connectivity index (χ2n) is 4.53. The zero-order valence-electron chi connectivity index (χ0n) is 9.88. The molecule has 0 aliphatic carbocycles. The van der Waals surface area contributed by atoms with Gasteiger partial charge >= 0.3 is 0 Å². The van der Waals surface area contributed by atoms with Crippen LogP contribution < -0.4 is 10.6 Å². The van der Waals surface area contributed by atoms with E-state index in [0.717, 1.165) is 25.9 Å². The van der Waals surface area contributed by atoms with Crippen LogP contribution in [0.15, 0.2) is 0 Å². The Bertz CT molecular complexity index is 207. The topological polar surface area (TPSA) is 50.4 Å². The fourth-order valence-electron chi connectivity index (χ4n) is 1.69. The highest BCUT2D eigenvalue weighted by Crippen LogP contribution is 2.09. The Hall–Kier alpha value is -0.610. The second kappa shape index (κ2) is 6.08. The fraction of sp³-hybridized carbons (Fsp3) is 0.909. The van der Waals surface area contributed by atoms with Gasteiger partial charge in [-0.2, -0.15) is 0 Å². The molecule has 0 radical (unpaired) electrons. The van der Waals surface area contributed by atoms with E-state index in [9.17, 15) is 4.79 Å². The first-order chi connectivity index (χ1) is 7.13. The summed E-state index contributed by atoms with van der Waals surface area (Å²) in [5.74, 6) is 0.740. The van der Waals surface area contributed by atoms with Crippen molar-refractivity contribution in [1.29, 1.82) is 0 Å². The molecule has 1 amide bonds. The van der Waals surface area contributed by atoms with Crippen molar-refractivity contribution in [1.82, 2.24) is 10.6 Å². The third kappa shape index (κ3) is 4.18. The molecule has 1 aliphatic heterocycles. The van der Waals surface area contributed by atoms with Crippen molar-refractivity contribution < 1.29 is 9.53 Å². The van der Waals surface area contributed by atoms with Gasteiger partial charge in [-0.3, -0.25) is 4.79 Å². The van der Waals surface area contributed by atoms with E-state index in [1.54, 1.807) is 7.11 Å². The van der Waals surface area contributed by atoms with Crippen LogP contribution in [-0.4, -0.2) is 38.3 Å². The molecule has 88 valence electrons. The van der Waals surface area contributed by atoms with Crippen LogP contribution in [0.5, 0.6) is 0 Å². The van der Waals surface area contributed by atoms with Gasteiger partial charge in [0.15, 0.2) is 0 Å². The van der Waals surface area contributed by atoms with Gasteiger partial charge in [0.2, 0.25) is 5.91 Å². The van der Waals surface area contributed by atoms with E-state index in [2.05, 4.69) is 24.5 Å². The summed E-state index contributed by atoms with van der Waals surface area (Å²) in [6.45, 7) is 5.85. The first-order valence-electron chi connectivity index (χ1n) is 5.67. The number of hydrogen-bond donors (Lipinski definition) is 2. The van der Waals surface area contributed by atoms with Crippen LogP contribution in [0, 0.1) is 5.92 Å². The van der Waals surface area contributed by atoms with E-state index in [1.807, 2.05) is 0 Å². The van der Waals surface area contributed by atoms with E-state index in [1.165, 1.54) is 0 Å². The Labute approximate surface area is 91.8 Å². The SMILES string of the molecule is COC1CNC(C(=O)NCCC(C)C)C1. The minimum absolute atomic E-state index is 0.0675. The van der Waals surface area contributed by atoms with Gasteiger partial charge in [-0.05, 0) is 18.8 Å². The number of methoxy groups -OCH3 is 1. The van der Waals surface area contributed by atoms with Gasteiger partial charge in [-0.1, -0.05) is 13.8 Å². The molecule has 2 atom stereocenters. The largest absolute Gasteiger partial charge is 0.380 e. The maximum absolute atomic E-state index is 11.7. The quantitative estimate of drug-likeness (QED) is 0.701. The minimum atomic E-state index is -0.0675. The number of ether oxygens (including phenoxy) is 1. The summed E-state index contributed by atoms with van der Waals surface area (Å²) in [5, 5.41) is 6.10. The number of hydrogen-bond acceptors (Lipinski definition) is 3. The predicted molar refractivity (Wildman–Crippen MR) is 59.7 cm³/mol. The Morgan fingerprint density at radius 2 is 2.33 bits per heavy atom. The molecule has 0 aromatic rings. The lowest BCUT2D eigenvalue weighted by Crippen LogP contribution is -2.40. The molecule has 0 aromatic carbocycles. The number of nitrogens with one attached hydrogen (secondary N) is 2. The van der Waals surface area contributed by atoms with Gasteiger partial charge in [0, 0.05) is 20.2 Å². The summed E-state index contributed by atoms with van der Waals surface area (Å²) in [6.07, 6.45) is 2.00. The highest BCUT2D eigenvalue weighted by Gasteiger charge is 2.28. The molecule has 4 nitrogen and oxygen atoms in total. The first-order valence-corrected chi connectivity index (χ1v) is 5.67. The molecule has 0 aromatic heterocycles. The monoisotopic (exact) mass is 214 g/mol. The van der Waals surface area contributed by atoms with Crippen molar-refractivity contribution in [2.24, 2.45) is 5.92 Å². The lowest BCUT2D eigenvalue weighted by atomic mass is 10.1. The van der Waals surface area contributed by atoms with Crippen LogP contribution in [0.25, 0.3) is 0 Å². The van der Waals surface area contributed by atoms with Gasteiger partial charge in [-0.15, -0.1) is 0 Å². The Morgan fingerprint density at radius 1 is 1.60 bits per heavy atom. The van der Waals surface area contributed by atoms with Crippen LogP contribution >= 0.6 is 0 Å². The summed E-state index contributed by atoms with van der Waals surface area (Å²) in [4.78, 5) is 11.7. The van der Waals surface area contributed by atoms with Crippen LogP contribution in [0.1, 0.15) is 26.7 Å². The van der Waals surface area contributed by atoms with Crippen LogP contribution in [0.2, 0.25) is 0 Å². The van der Waals surface area contributed by atoms with Gasteiger partial charge in [0.1, 0.15) is 0 Å². The molecule has 1 saturated heterocycles. The van der Waals surface area contributed by atoms with Gasteiger partial charge < -0.3 is 15.4 Å². The van der Waals surface area contributed by atoms with E-state index in [4.69, 9.17) is 4.74 Å². The summed E-state index contributed by atoms with van der Waals surface area (Å²) >= 11 is 0. The van der Waals surface area contributed by atoms with Crippen LogP contribution in [-0.2, 0) is 9.53 Å². The highest BCUT2D eigenvalue weighted by molar-refractivity contribution is 5.82. The predicted octanol–water partition coefficient (Wildman–Crippen LogP) is 0.526. The summed E-state index contributed by atoms with van der Waals surface area (Å²) in [5.41, 5.74) is 0. The van der Waals surface area contributed by atoms with E-state index >= 15 is 0 Å². The zero-order valence-corrected chi connectivity index (χ0v) is 9.88. The Morgan fingerprint density at radius 3 is 2.87 bits per heavy atom. The summed E-state index contributed by atoms with van der Waals surface area (Å²) in [6, 6.07) is -0.0675. The molecule has 1 fully saturated rings. The average Bonchev–Trinajstić information content (AvgIpc) is 2.65. The number of amides is 1. The second-order valence-corrected chi connectivity index (χ2v) is 4.53. The van der Waals surface area contributed by atoms with Crippen molar-refractivity contribution >= 4 is 5.91 Å². The van der Waals surface area contributed by atoms with Crippen molar-refractivity contribution in [3.05, 3.63) is 0 Å². The minimum Gasteiger partial charge on any atom is -0.380 e. The molecule has 2 N–H and O–H groups in total. The molecule has 1 heterocycles. The third-order valence-corrected chi connectivity index (χ3v) is 2.76. The normalized spacial score (nSPS) is 25.9. The van der Waals surface area contributed by atoms with Crippen molar-refractivity contribution in [3.63, 3.8) is 0 Å². The maximum atomic E-state index is 11.7. The molecule has 15 heavy (non-hydrogen) atoms. The molecule has 0 spiro atoms. The number of carbonyl (C=O) groups is 1. The first kappa shape index (κ1) is 12.5. The number of rotatable bonds is 5. The standard InChI is InChI=1S/C11H22N2O2/c1-8(2)4-5-12-11(14)10-6-9(15-3)7-13-10/h8-10,13H,4-7H2,1-3H3,(H,12,14). The average molecular weight is 214 g/mol. The summed E-state index contributed by atoms with van der Waals surface area (Å²) < 4.78 is 5.19. The Kier molecular flexibility index (Phi) is 5.05. The highest BCUT2D eigenvalue weighted by atomic mass is 16.5. The number of carbonyl (C=O) groups excluding carboxylic acids is 1. The molecule has 4 heteroatoms. The van der Waals surface area contributed by atoms with Gasteiger partial charge in [0.25, 0.3) is 0 Å². The molecular weight excluding hydrogens is 192 g/mol. The van der Waals surface area contributed by atoms with Crippen LogP contribution in [0.3, 0.4) is 0 Å². The van der Waals surface area contributed by atoms with Gasteiger partial charge in [-0.25, -0.2) is 0 Å². The lowest BCUT2D eigenvalue weighted by molar-refractivity contribution is -0.123. The van der Waals surface area contributed by atoms with Crippen molar-refractivity contribution in [2.45, 2.75) is 38.8 Å². The van der Waals surface area contributed by atoms with E-state index in [0.29, 0.717) is 5.92 Å². The fourth-order valence-corrected chi connectivity index (χ4v) is 1.69. The molecule has 0 saturated carbocycles. The lowest BCUT2D eigenvalue weighted by Gasteiger charge is -2.12. The molecule has 0 bridgehead atoms. The van der Waals surface area contributed by atoms with Crippen molar-refractivity contribution in [2.75, 3.05) is 20.2 Å². The van der Waals surface area contributed by atoms with Crippen LogP contribution in [0.4, 0.5) is 0 Å². The maximum Gasteiger partial charge on any atom is 0.237 e. The smallest absolute Gasteiger partial charge is 0.237 e.